The Morgan fingerprint density at radius 1 is 0.464 bits per heavy atom. The van der Waals surface area contributed by atoms with Crippen molar-refractivity contribution in [2.24, 2.45) is 0 Å². The molecule has 0 N–H and O–H groups in total. The standard InChI is InChI=1S/C26H20Te2/c1-17-3-11-21(12-4-17)27-23-15-9-19-7-8-20-10-16-24(26(23)25(19)20)28-22-13-5-18(2)6-14-22/h3-16H,1-2H3. The number of aryl methyl sites for hydroxylation is 2. The summed E-state index contributed by atoms with van der Waals surface area (Å²) in [6, 6.07) is 27.8. The first kappa shape index (κ1) is 18.5. The van der Waals surface area contributed by atoms with E-state index in [9.17, 15) is 0 Å². The van der Waals surface area contributed by atoms with E-state index >= 15 is 0 Å². The third-order valence-electron chi connectivity index (χ3n) is 5.09. The molecule has 0 spiro atoms. The molecular formula is C26H20Te2. The van der Waals surface area contributed by atoms with Gasteiger partial charge in [-0.05, 0) is 0 Å². The summed E-state index contributed by atoms with van der Waals surface area (Å²) in [5.41, 5.74) is 5.47. The van der Waals surface area contributed by atoms with E-state index in [0.29, 0.717) is 0 Å². The van der Waals surface area contributed by atoms with Crippen LogP contribution in [0.2, 0.25) is 0 Å². The molecule has 0 aliphatic heterocycles. The zero-order valence-electron chi connectivity index (χ0n) is 15.9. The number of benzene rings is 4. The Morgan fingerprint density at radius 3 is 1.32 bits per heavy atom. The van der Waals surface area contributed by atoms with Gasteiger partial charge in [-0.15, -0.1) is 0 Å². The third kappa shape index (κ3) is 3.56. The quantitative estimate of drug-likeness (QED) is 0.284. The molecule has 1 aliphatic carbocycles. The summed E-state index contributed by atoms with van der Waals surface area (Å²) < 4.78 is 6.21. The van der Waals surface area contributed by atoms with Gasteiger partial charge in [0.25, 0.3) is 0 Å². The van der Waals surface area contributed by atoms with Crippen molar-refractivity contribution >= 4 is 79.2 Å². The van der Waals surface area contributed by atoms with Gasteiger partial charge in [-0.25, -0.2) is 0 Å². The molecule has 5 rings (SSSR count). The fourth-order valence-electron chi connectivity index (χ4n) is 3.58. The van der Waals surface area contributed by atoms with Crippen LogP contribution >= 0.6 is 0 Å². The second kappa shape index (κ2) is 7.71. The van der Waals surface area contributed by atoms with Crippen LogP contribution in [0.15, 0.2) is 72.8 Å². The fraction of sp³-hybridized carbons (Fsp3) is 0.0769. The van der Waals surface area contributed by atoms with Gasteiger partial charge in [-0.3, -0.25) is 0 Å². The van der Waals surface area contributed by atoms with Crippen molar-refractivity contribution < 1.29 is 0 Å². The maximum absolute atomic E-state index is 2.41. The van der Waals surface area contributed by atoms with Crippen molar-refractivity contribution in [3.8, 4) is 0 Å². The van der Waals surface area contributed by atoms with Gasteiger partial charge >= 0.3 is 188 Å². The van der Waals surface area contributed by atoms with E-state index in [1.165, 1.54) is 34.9 Å². The minimum atomic E-state index is -0.405. The maximum atomic E-state index is 2.41. The summed E-state index contributed by atoms with van der Waals surface area (Å²) in [5.74, 6) is 0. The predicted molar refractivity (Wildman–Crippen MR) is 125 cm³/mol. The van der Waals surface area contributed by atoms with Crippen molar-refractivity contribution in [1.29, 1.82) is 0 Å². The molecule has 4 aromatic rings. The Hall–Kier alpha value is -1.54. The fourth-order valence-corrected chi connectivity index (χ4v) is 9.78. The van der Waals surface area contributed by atoms with Gasteiger partial charge < -0.3 is 0 Å². The van der Waals surface area contributed by atoms with Crippen LogP contribution in [0.1, 0.15) is 22.3 Å². The molecule has 28 heavy (non-hydrogen) atoms. The second-order valence-corrected chi connectivity index (χ2v) is 13.6. The number of hydrogen-bond donors (Lipinski definition) is 0. The Balaban J connectivity index is 1.64. The molecule has 2 heteroatoms. The van der Waals surface area contributed by atoms with E-state index in [4.69, 9.17) is 0 Å². The molecule has 0 radical (unpaired) electrons. The van der Waals surface area contributed by atoms with Gasteiger partial charge in [0.15, 0.2) is 0 Å². The molecule has 4 aromatic carbocycles. The molecule has 0 nitrogen and oxygen atoms in total. The molecule has 1 aliphatic rings. The van der Waals surface area contributed by atoms with E-state index in [-0.39, 0.29) is 0 Å². The Kier molecular flexibility index (Phi) is 5.09. The Morgan fingerprint density at radius 2 is 0.893 bits per heavy atom. The summed E-state index contributed by atoms with van der Waals surface area (Å²) >= 11 is -0.809. The van der Waals surface area contributed by atoms with Crippen molar-refractivity contribution in [3.05, 3.63) is 95.1 Å². The van der Waals surface area contributed by atoms with E-state index in [1.807, 2.05) is 0 Å². The zero-order valence-corrected chi connectivity index (χ0v) is 20.6. The van der Waals surface area contributed by atoms with Crippen molar-refractivity contribution in [1.82, 2.24) is 0 Å². The summed E-state index contributed by atoms with van der Waals surface area (Å²) in [7, 11) is 0. The summed E-state index contributed by atoms with van der Waals surface area (Å²) in [4.78, 5) is 0. The molecule has 0 saturated heterocycles. The molecule has 0 atom stereocenters. The van der Waals surface area contributed by atoms with Crippen LogP contribution in [0.5, 0.6) is 0 Å². The van der Waals surface area contributed by atoms with E-state index in [0.717, 1.165) is 0 Å². The average Bonchev–Trinajstić information content (AvgIpc) is 3.13. The summed E-state index contributed by atoms with van der Waals surface area (Å²) in [6.07, 6.45) is 4.56. The van der Waals surface area contributed by atoms with Gasteiger partial charge in [0.2, 0.25) is 0 Å². The van der Waals surface area contributed by atoms with Crippen LogP contribution in [-0.4, -0.2) is 41.8 Å². The summed E-state index contributed by atoms with van der Waals surface area (Å²) in [5, 5.41) is 3.05. The zero-order chi connectivity index (χ0) is 19.1. The Bertz CT molecular complexity index is 1110. The van der Waals surface area contributed by atoms with Crippen LogP contribution in [0.4, 0.5) is 0 Å². The van der Waals surface area contributed by atoms with Gasteiger partial charge in [-0.1, -0.05) is 0 Å². The number of hydrogen-bond acceptors (Lipinski definition) is 0. The van der Waals surface area contributed by atoms with Crippen LogP contribution < -0.4 is 14.4 Å². The topological polar surface area (TPSA) is 0 Å². The minimum absolute atomic E-state index is 0.405. The molecule has 136 valence electrons. The van der Waals surface area contributed by atoms with Crippen LogP contribution in [0.3, 0.4) is 0 Å². The van der Waals surface area contributed by atoms with Crippen LogP contribution in [0, 0.1) is 13.8 Å². The molecule has 0 fully saturated rings. The molecule has 0 heterocycles. The monoisotopic (exact) mass is 592 g/mol. The van der Waals surface area contributed by atoms with E-state index in [2.05, 4.69) is 98.8 Å². The van der Waals surface area contributed by atoms with Crippen molar-refractivity contribution in [2.45, 2.75) is 13.8 Å². The SMILES string of the molecule is Cc1ccc([Te]c2ccc3c4c(ccc([Te]c5ccc(C)cc5)c24)C=C3)cc1. The first-order chi connectivity index (χ1) is 13.7. The van der Waals surface area contributed by atoms with E-state index in [1.54, 1.807) is 12.6 Å². The molecular weight excluding hydrogens is 567 g/mol. The molecule has 0 bridgehead atoms. The molecule has 0 aromatic heterocycles. The normalized spacial score (nSPS) is 12.1. The van der Waals surface area contributed by atoms with E-state index < -0.39 is 41.8 Å². The van der Waals surface area contributed by atoms with Gasteiger partial charge in [0, 0.05) is 0 Å². The van der Waals surface area contributed by atoms with Gasteiger partial charge in [0.05, 0.1) is 0 Å². The summed E-state index contributed by atoms with van der Waals surface area (Å²) in [6.45, 7) is 4.33. The molecule has 0 unspecified atom stereocenters. The molecule has 0 saturated carbocycles. The Labute approximate surface area is 186 Å². The molecule has 0 amide bonds. The first-order valence-corrected chi connectivity index (χ1v) is 14.1. The van der Waals surface area contributed by atoms with Gasteiger partial charge in [0.1, 0.15) is 0 Å². The van der Waals surface area contributed by atoms with Crippen LogP contribution in [-0.2, 0) is 0 Å². The first-order valence-electron chi connectivity index (χ1n) is 9.44. The van der Waals surface area contributed by atoms with Crippen molar-refractivity contribution in [2.75, 3.05) is 0 Å². The predicted octanol–water partition coefficient (Wildman–Crippen LogP) is 3.25. The average molecular weight is 588 g/mol. The number of rotatable bonds is 4. The second-order valence-electron chi connectivity index (χ2n) is 7.22. The van der Waals surface area contributed by atoms with Crippen molar-refractivity contribution in [3.63, 3.8) is 0 Å². The third-order valence-corrected chi connectivity index (χ3v) is 11.2. The van der Waals surface area contributed by atoms with Gasteiger partial charge in [-0.2, -0.15) is 0 Å². The van der Waals surface area contributed by atoms with Crippen LogP contribution in [0.25, 0.3) is 22.9 Å².